The Morgan fingerprint density at radius 2 is 1.76 bits per heavy atom. The van der Waals surface area contributed by atoms with Crippen molar-refractivity contribution in [2.75, 3.05) is 12.0 Å². The zero-order chi connectivity index (χ0) is 23.5. The van der Waals surface area contributed by atoms with Crippen molar-refractivity contribution < 1.29 is 19.1 Å². The quantitative estimate of drug-likeness (QED) is 0.289. The molecule has 0 saturated carbocycles. The highest BCUT2D eigenvalue weighted by molar-refractivity contribution is 9.10. The predicted molar refractivity (Wildman–Crippen MR) is 136 cm³/mol. The first-order valence-corrected chi connectivity index (χ1v) is 12.0. The Morgan fingerprint density at radius 1 is 1.03 bits per heavy atom. The van der Waals surface area contributed by atoms with Gasteiger partial charge in [0.05, 0.1) is 17.7 Å². The third-order valence-corrected chi connectivity index (χ3v) is 6.97. The number of hydrogen-bond acceptors (Lipinski definition) is 5. The molecule has 4 rings (SSSR count). The molecule has 0 atom stereocenters. The molecule has 0 radical (unpaired) electrons. The molecule has 0 spiro atoms. The molecule has 2 amide bonds. The van der Waals surface area contributed by atoms with Gasteiger partial charge in [0.15, 0.2) is 11.5 Å². The van der Waals surface area contributed by atoms with Crippen LogP contribution in [0.2, 0.25) is 10.0 Å². The largest absolute Gasteiger partial charge is 0.493 e. The number of anilines is 1. The molecule has 33 heavy (non-hydrogen) atoms. The average molecular weight is 565 g/mol. The van der Waals surface area contributed by atoms with Crippen molar-refractivity contribution in [2.45, 2.75) is 6.61 Å². The van der Waals surface area contributed by atoms with Crippen LogP contribution in [0, 0.1) is 0 Å². The molecule has 1 saturated heterocycles. The Bertz CT molecular complexity index is 1260. The Labute approximate surface area is 213 Å². The lowest BCUT2D eigenvalue weighted by atomic mass is 10.1. The van der Waals surface area contributed by atoms with Crippen LogP contribution in [0.5, 0.6) is 11.5 Å². The molecule has 3 aromatic carbocycles. The predicted octanol–water partition coefficient (Wildman–Crippen LogP) is 7.58. The van der Waals surface area contributed by atoms with Gasteiger partial charge in [0.1, 0.15) is 6.61 Å². The molecule has 0 unspecified atom stereocenters. The first-order valence-electron chi connectivity index (χ1n) is 9.64. The summed E-state index contributed by atoms with van der Waals surface area (Å²) in [6.07, 6.45) is 1.64. The second kappa shape index (κ2) is 10.2. The Hall–Kier alpha value is -2.45. The van der Waals surface area contributed by atoms with E-state index >= 15 is 0 Å². The van der Waals surface area contributed by atoms with Gasteiger partial charge >= 0.3 is 0 Å². The van der Waals surface area contributed by atoms with Gasteiger partial charge in [0, 0.05) is 20.1 Å². The van der Waals surface area contributed by atoms with Gasteiger partial charge in [0.25, 0.3) is 11.1 Å². The van der Waals surface area contributed by atoms with Crippen molar-refractivity contribution in [1.29, 1.82) is 0 Å². The Morgan fingerprint density at radius 3 is 2.45 bits per heavy atom. The summed E-state index contributed by atoms with van der Waals surface area (Å²) in [7, 11) is 1.53. The summed E-state index contributed by atoms with van der Waals surface area (Å²) in [6, 6.07) is 17.4. The maximum Gasteiger partial charge on any atom is 0.298 e. The number of imide groups is 1. The zero-order valence-corrected chi connectivity index (χ0v) is 21.1. The first-order chi connectivity index (χ1) is 15.9. The first kappa shape index (κ1) is 23.7. The topological polar surface area (TPSA) is 55.8 Å². The number of halogens is 3. The number of thioether (sulfide) groups is 1. The number of hydrogen-bond donors (Lipinski definition) is 0. The van der Waals surface area contributed by atoms with Crippen molar-refractivity contribution in [3.05, 3.63) is 91.2 Å². The molecule has 1 fully saturated rings. The van der Waals surface area contributed by atoms with E-state index in [0.717, 1.165) is 22.2 Å². The highest BCUT2D eigenvalue weighted by atomic mass is 79.9. The summed E-state index contributed by atoms with van der Waals surface area (Å²) < 4.78 is 12.1. The highest BCUT2D eigenvalue weighted by Gasteiger charge is 2.36. The van der Waals surface area contributed by atoms with Gasteiger partial charge in [-0.3, -0.25) is 9.59 Å². The maximum atomic E-state index is 12.9. The van der Waals surface area contributed by atoms with Gasteiger partial charge in [-0.05, 0) is 65.9 Å². The van der Waals surface area contributed by atoms with Crippen LogP contribution in [0.25, 0.3) is 6.08 Å². The van der Waals surface area contributed by atoms with Crippen LogP contribution in [0.4, 0.5) is 10.5 Å². The molecular weight excluding hydrogens is 549 g/mol. The van der Waals surface area contributed by atoms with E-state index in [4.69, 9.17) is 32.7 Å². The molecule has 1 aliphatic heterocycles. The Balaban J connectivity index is 1.59. The van der Waals surface area contributed by atoms with Crippen LogP contribution < -0.4 is 14.4 Å². The molecule has 3 aromatic rings. The zero-order valence-electron chi connectivity index (χ0n) is 17.2. The monoisotopic (exact) mass is 563 g/mol. The molecule has 0 aliphatic carbocycles. The van der Waals surface area contributed by atoms with Gasteiger partial charge < -0.3 is 9.47 Å². The van der Waals surface area contributed by atoms with Gasteiger partial charge in [-0.2, -0.15) is 0 Å². The third-order valence-electron chi connectivity index (χ3n) is 4.79. The van der Waals surface area contributed by atoms with Crippen LogP contribution in [0.15, 0.2) is 70.0 Å². The molecule has 1 aliphatic rings. The fourth-order valence-electron chi connectivity index (χ4n) is 3.13. The van der Waals surface area contributed by atoms with E-state index in [-0.39, 0.29) is 11.8 Å². The van der Waals surface area contributed by atoms with Crippen molar-refractivity contribution in [3.63, 3.8) is 0 Å². The van der Waals surface area contributed by atoms with Crippen molar-refractivity contribution in [1.82, 2.24) is 0 Å². The van der Waals surface area contributed by atoms with Crippen LogP contribution >= 0.6 is 50.9 Å². The number of methoxy groups -OCH3 is 1. The standard InChI is InChI=1S/C24H16BrCl2NO4S/c1-31-20-10-15(18(25)12-21(20)32-13-14-4-2-3-5-19(14)27)11-22-23(29)28(24(30)33-22)17-8-6-16(26)7-9-17/h2-12H,13H2,1H3/b22-11+. The number of benzene rings is 3. The number of carbonyl (C=O) groups excluding carboxylic acids is 2. The molecule has 1 heterocycles. The minimum Gasteiger partial charge on any atom is -0.493 e. The van der Waals surface area contributed by atoms with E-state index in [2.05, 4.69) is 15.9 Å². The SMILES string of the molecule is COc1cc(/C=C2/SC(=O)N(c3ccc(Cl)cc3)C2=O)c(Br)cc1OCc1ccccc1Cl. The third kappa shape index (κ3) is 5.22. The van der Waals surface area contributed by atoms with Crippen LogP contribution in [0.1, 0.15) is 11.1 Å². The van der Waals surface area contributed by atoms with E-state index in [9.17, 15) is 9.59 Å². The fourth-order valence-corrected chi connectivity index (χ4v) is 4.71. The number of amides is 2. The molecular formula is C24H16BrCl2NO4S. The van der Waals surface area contributed by atoms with Gasteiger partial charge in [-0.25, -0.2) is 4.90 Å². The molecule has 0 bridgehead atoms. The van der Waals surface area contributed by atoms with Crippen LogP contribution in [0.3, 0.4) is 0 Å². The minimum atomic E-state index is -0.405. The summed E-state index contributed by atoms with van der Waals surface area (Å²) in [5, 5.41) is 0.758. The van der Waals surface area contributed by atoms with E-state index < -0.39 is 5.91 Å². The maximum absolute atomic E-state index is 12.9. The molecule has 9 heteroatoms. The number of nitrogens with zero attached hydrogens (tertiary/aromatic N) is 1. The molecule has 0 aromatic heterocycles. The van der Waals surface area contributed by atoms with Crippen LogP contribution in [-0.2, 0) is 11.4 Å². The minimum absolute atomic E-state index is 0.266. The van der Waals surface area contributed by atoms with E-state index in [0.29, 0.717) is 42.2 Å². The fraction of sp³-hybridized carbons (Fsp3) is 0.0833. The van der Waals surface area contributed by atoms with Crippen molar-refractivity contribution >= 4 is 73.8 Å². The molecule has 0 N–H and O–H groups in total. The van der Waals surface area contributed by atoms with Gasteiger partial charge in [-0.1, -0.05) is 57.3 Å². The average Bonchev–Trinajstić information content (AvgIpc) is 3.08. The normalized spacial score (nSPS) is 14.8. The smallest absolute Gasteiger partial charge is 0.298 e. The lowest BCUT2D eigenvalue weighted by molar-refractivity contribution is -0.113. The summed E-state index contributed by atoms with van der Waals surface area (Å²) in [5.41, 5.74) is 1.97. The summed E-state index contributed by atoms with van der Waals surface area (Å²) in [4.78, 5) is 26.9. The van der Waals surface area contributed by atoms with Gasteiger partial charge in [-0.15, -0.1) is 0 Å². The van der Waals surface area contributed by atoms with E-state index in [1.807, 2.05) is 18.2 Å². The summed E-state index contributed by atoms with van der Waals surface area (Å²) in [5.74, 6) is 0.585. The number of rotatable bonds is 6. The summed E-state index contributed by atoms with van der Waals surface area (Å²) >= 11 is 16.5. The number of carbonyl (C=O) groups is 2. The lowest BCUT2D eigenvalue weighted by Crippen LogP contribution is -2.27. The highest BCUT2D eigenvalue weighted by Crippen LogP contribution is 2.40. The van der Waals surface area contributed by atoms with Gasteiger partial charge in [0.2, 0.25) is 0 Å². The molecule has 5 nitrogen and oxygen atoms in total. The lowest BCUT2D eigenvalue weighted by Gasteiger charge is -2.14. The summed E-state index contributed by atoms with van der Waals surface area (Å²) in [6.45, 7) is 0.266. The van der Waals surface area contributed by atoms with Crippen molar-refractivity contribution in [2.24, 2.45) is 0 Å². The second-order valence-electron chi connectivity index (χ2n) is 6.90. The molecule has 168 valence electrons. The van der Waals surface area contributed by atoms with Crippen LogP contribution in [-0.4, -0.2) is 18.3 Å². The second-order valence-corrected chi connectivity index (χ2v) is 9.59. The Kier molecular flexibility index (Phi) is 7.34. The van der Waals surface area contributed by atoms with E-state index in [1.165, 1.54) is 7.11 Å². The van der Waals surface area contributed by atoms with Crippen molar-refractivity contribution in [3.8, 4) is 11.5 Å². The van der Waals surface area contributed by atoms with E-state index in [1.54, 1.807) is 48.5 Å². The number of ether oxygens (including phenoxy) is 2.